The monoisotopic (exact) mass is 456 g/mol. The zero-order chi connectivity index (χ0) is 22.8. The van der Waals surface area contributed by atoms with Gasteiger partial charge in [-0.05, 0) is 49.7 Å². The molecule has 1 saturated carbocycles. The molecule has 9 heteroatoms. The molecule has 0 atom stereocenters. The van der Waals surface area contributed by atoms with Gasteiger partial charge in [-0.1, -0.05) is 19.9 Å². The first kappa shape index (κ1) is 23.7. The molecule has 1 N–H and O–H groups in total. The van der Waals surface area contributed by atoms with Crippen LogP contribution >= 0.6 is 0 Å². The molecule has 1 aliphatic heterocycles. The van der Waals surface area contributed by atoms with E-state index in [1.807, 2.05) is 10.8 Å². The number of halogens is 2. The van der Waals surface area contributed by atoms with Crippen LogP contribution < -0.4 is 9.46 Å². The van der Waals surface area contributed by atoms with Gasteiger partial charge in [0.2, 0.25) is 0 Å². The number of rotatable bonds is 11. The summed E-state index contributed by atoms with van der Waals surface area (Å²) in [6.07, 6.45) is 4.93. The molecule has 3 rings (SSSR count). The van der Waals surface area contributed by atoms with Crippen LogP contribution in [0.1, 0.15) is 67.8 Å². The molecule has 172 valence electrons. The van der Waals surface area contributed by atoms with E-state index in [1.54, 1.807) is 0 Å². The minimum Gasteiger partial charge on any atom is -0.493 e. The van der Waals surface area contributed by atoms with Crippen LogP contribution in [0.4, 0.5) is 8.78 Å². The summed E-state index contributed by atoms with van der Waals surface area (Å²) in [6.45, 7) is 7.75. The van der Waals surface area contributed by atoms with Crippen molar-refractivity contribution < 1.29 is 26.7 Å². The minimum atomic E-state index is -4.20. The van der Waals surface area contributed by atoms with E-state index >= 15 is 0 Å². The van der Waals surface area contributed by atoms with Crippen molar-refractivity contribution in [2.45, 2.75) is 58.0 Å². The fourth-order valence-electron chi connectivity index (χ4n) is 3.74. The van der Waals surface area contributed by atoms with Crippen LogP contribution in [0.2, 0.25) is 0 Å². The molecule has 31 heavy (non-hydrogen) atoms. The van der Waals surface area contributed by atoms with Gasteiger partial charge in [-0.25, -0.2) is 13.5 Å². The van der Waals surface area contributed by atoms with E-state index in [0.29, 0.717) is 17.9 Å². The number of allylic oxidation sites excluding steroid dienone is 1. The smallest absolute Gasteiger partial charge is 0.304 e. The Hall–Kier alpha value is -2.00. The van der Waals surface area contributed by atoms with Gasteiger partial charge in [0.25, 0.3) is 5.91 Å². The van der Waals surface area contributed by atoms with Crippen molar-refractivity contribution in [1.82, 2.24) is 9.03 Å². The third-order valence-electron chi connectivity index (χ3n) is 6.34. The number of amides is 1. The molecule has 0 radical (unpaired) electrons. The lowest BCUT2D eigenvalue weighted by Gasteiger charge is -2.32. The summed E-state index contributed by atoms with van der Waals surface area (Å²) < 4.78 is 60.8. The number of hydrogen-bond acceptors (Lipinski definition) is 4. The van der Waals surface area contributed by atoms with E-state index in [4.69, 9.17) is 4.74 Å². The first-order valence-corrected chi connectivity index (χ1v) is 12.1. The molecule has 1 saturated heterocycles. The average Bonchev–Trinajstić information content (AvgIpc) is 3.53. The molecule has 1 aliphatic carbocycles. The quantitative estimate of drug-likeness (QED) is 0.509. The van der Waals surface area contributed by atoms with E-state index in [2.05, 4.69) is 20.4 Å². The highest BCUT2D eigenvalue weighted by molar-refractivity contribution is 7.87. The molecule has 0 aromatic heterocycles. The lowest BCUT2D eigenvalue weighted by molar-refractivity contribution is 0.0963. The van der Waals surface area contributed by atoms with Crippen molar-refractivity contribution in [3.63, 3.8) is 0 Å². The van der Waals surface area contributed by atoms with Gasteiger partial charge < -0.3 is 4.74 Å². The third kappa shape index (κ3) is 5.26. The fourth-order valence-corrected chi connectivity index (χ4v) is 4.93. The van der Waals surface area contributed by atoms with Gasteiger partial charge in [0.15, 0.2) is 0 Å². The van der Waals surface area contributed by atoms with Gasteiger partial charge in [-0.3, -0.25) is 4.79 Å². The van der Waals surface area contributed by atoms with Crippen LogP contribution in [0.5, 0.6) is 5.75 Å². The summed E-state index contributed by atoms with van der Waals surface area (Å²) in [7, 11) is -4.20. The Morgan fingerprint density at radius 3 is 2.48 bits per heavy atom. The maximum atomic E-state index is 14.8. The molecule has 0 unspecified atom stereocenters. The summed E-state index contributed by atoms with van der Waals surface area (Å²) in [4.78, 5) is 12.5. The van der Waals surface area contributed by atoms with E-state index in [1.165, 1.54) is 12.1 Å². The third-order valence-corrected chi connectivity index (χ3v) is 7.76. The van der Waals surface area contributed by atoms with E-state index in [9.17, 15) is 22.0 Å². The number of nitrogens with zero attached hydrogens (tertiary/aromatic N) is 1. The van der Waals surface area contributed by atoms with Crippen molar-refractivity contribution in [1.29, 1.82) is 0 Å². The number of hydrogen-bond donors (Lipinski definition) is 1. The standard InChI is InChI=1S/C22H30F2N2O4S/c1-4-9-22(5-2,6-3)14-30-20-11-19(24)18(10-17(20)15-7-8-15)21(27)25-31(28,29)26-12-16(23)13-26/h4,10-11,15-16H,1,5-9,12-14H2,2-3H3,(H,25,27). The Labute approximate surface area is 182 Å². The van der Waals surface area contributed by atoms with Crippen LogP contribution in [0.3, 0.4) is 0 Å². The number of nitrogens with one attached hydrogen (secondary N) is 1. The van der Waals surface area contributed by atoms with E-state index in [-0.39, 0.29) is 30.0 Å². The second-order valence-electron chi connectivity index (χ2n) is 8.48. The Morgan fingerprint density at radius 1 is 1.32 bits per heavy atom. The van der Waals surface area contributed by atoms with Crippen molar-refractivity contribution in [2.24, 2.45) is 5.41 Å². The summed E-state index contributed by atoms with van der Waals surface area (Å²) >= 11 is 0. The molecule has 2 aliphatic rings. The SMILES string of the molecule is C=CCC(CC)(CC)COc1cc(F)c(C(=O)NS(=O)(=O)N2CC(F)C2)cc1C1CC1. The van der Waals surface area contributed by atoms with Crippen molar-refractivity contribution in [3.05, 3.63) is 41.7 Å². The first-order valence-electron chi connectivity index (χ1n) is 10.7. The highest BCUT2D eigenvalue weighted by atomic mass is 32.2. The molecule has 1 amide bonds. The van der Waals surface area contributed by atoms with Crippen molar-refractivity contribution in [2.75, 3.05) is 19.7 Å². The summed E-state index contributed by atoms with van der Waals surface area (Å²) in [5.41, 5.74) is 0.240. The molecule has 0 spiro atoms. The normalized spacial score (nSPS) is 17.8. The number of ether oxygens (including phenoxy) is 1. The van der Waals surface area contributed by atoms with Crippen LogP contribution in [-0.4, -0.2) is 44.5 Å². The number of carbonyl (C=O) groups excluding carboxylic acids is 1. The summed E-state index contributed by atoms with van der Waals surface area (Å²) in [5.74, 6) is -1.39. The Balaban J connectivity index is 1.80. The average molecular weight is 457 g/mol. The largest absolute Gasteiger partial charge is 0.493 e. The predicted molar refractivity (Wildman–Crippen MR) is 115 cm³/mol. The lowest BCUT2D eigenvalue weighted by Crippen LogP contribution is -2.56. The Kier molecular flexibility index (Phi) is 7.05. The van der Waals surface area contributed by atoms with Gasteiger partial charge in [0.1, 0.15) is 17.7 Å². The van der Waals surface area contributed by atoms with Gasteiger partial charge >= 0.3 is 10.2 Å². The molecular weight excluding hydrogens is 426 g/mol. The van der Waals surface area contributed by atoms with Gasteiger partial charge in [-0.15, -0.1) is 6.58 Å². The van der Waals surface area contributed by atoms with Gasteiger partial charge in [-0.2, -0.15) is 12.7 Å². The highest BCUT2D eigenvalue weighted by Gasteiger charge is 2.38. The van der Waals surface area contributed by atoms with Gasteiger partial charge in [0.05, 0.1) is 12.2 Å². The van der Waals surface area contributed by atoms with Crippen molar-refractivity contribution in [3.8, 4) is 5.75 Å². The molecule has 6 nitrogen and oxygen atoms in total. The Bertz CT molecular complexity index is 937. The number of alkyl halides is 1. The summed E-state index contributed by atoms with van der Waals surface area (Å²) in [5, 5.41) is 0. The van der Waals surface area contributed by atoms with E-state index in [0.717, 1.165) is 36.4 Å². The number of carbonyl (C=O) groups is 1. The van der Waals surface area contributed by atoms with Crippen molar-refractivity contribution >= 4 is 16.1 Å². The van der Waals surface area contributed by atoms with Crippen LogP contribution in [0.25, 0.3) is 0 Å². The maximum absolute atomic E-state index is 14.8. The zero-order valence-corrected chi connectivity index (χ0v) is 18.8. The fraction of sp³-hybridized carbons (Fsp3) is 0.591. The zero-order valence-electron chi connectivity index (χ0n) is 18.0. The van der Waals surface area contributed by atoms with E-state index < -0.39 is 28.1 Å². The molecule has 1 heterocycles. The van der Waals surface area contributed by atoms with Crippen LogP contribution in [0.15, 0.2) is 24.8 Å². The topological polar surface area (TPSA) is 75.7 Å². The second-order valence-corrected chi connectivity index (χ2v) is 10.2. The molecule has 0 bridgehead atoms. The predicted octanol–water partition coefficient (Wildman–Crippen LogP) is 4.09. The second kappa shape index (κ2) is 9.24. The van der Waals surface area contributed by atoms with Crippen LogP contribution in [0, 0.1) is 11.2 Å². The molecule has 2 fully saturated rings. The molecular formula is C22H30F2N2O4S. The lowest BCUT2D eigenvalue weighted by atomic mass is 9.80. The maximum Gasteiger partial charge on any atom is 0.304 e. The Morgan fingerprint density at radius 2 is 1.97 bits per heavy atom. The number of benzene rings is 1. The minimum absolute atomic E-state index is 0.103. The van der Waals surface area contributed by atoms with Gasteiger partial charge in [0, 0.05) is 24.6 Å². The highest BCUT2D eigenvalue weighted by Crippen LogP contribution is 2.45. The summed E-state index contributed by atoms with van der Waals surface area (Å²) in [6, 6.07) is 2.55. The molecule has 1 aromatic carbocycles. The van der Waals surface area contributed by atoms with Crippen LogP contribution in [-0.2, 0) is 10.2 Å². The first-order chi connectivity index (χ1) is 14.6. The molecule has 1 aromatic rings.